The summed E-state index contributed by atoms with van der Waals surface area (Å²) in [5.74, 6) is -0.898. The first-order valence-electron chi connectivity index (χ1n) is 8.19. The summed E-state index contributed by atoms with van der Waals surface area (Å²) in [6.45, 7) is 4.35. The van der Waals surface area contributed by atoms with Crippen LogP contribution in [-0.2, 0) is 4.79 Å². The monoisotopic (exact) mass is 329 g/mol. The highest BCUT2D eigenvalue weighted by molar-refractivity contribution is 6.06. The van der Waals surface area contributed by atoms with Crippen LogP contribution in [0.5, 0.6) is 0 Å². The summed E-state index contributed by atoms with van der Waals surface area (Å²) < 4.78 is 5.19. The van der Waals surface area contributed by atoms with Gasteiger partial charge in [-0.15, -0.1) is 0 Å². The van der Waals surface area contributed by atoms with Crippen molar-refractivity contribution in [3.63, 3.8) is 0 Å². The van der Waals surface area contributed by atoms with Crippen LogP contribution in [0.1, 0.15) is 41.0 Å². The predicted octanol–water partition coefficient (Wildman–Crippen LogP) is 2.17. The number of carbonyl (C=O) groups is 2. The van der Waals surface area contributed by atoms with E-state index in [9.17, 15) is 14.7 Å². The summed E-state index contributed by atoms with van der Waals surface area (Å²) in [5.41, 5.74) is 1.36. The van der Waals surface area contributed by atoms with Crippen molar-refractivity contribution in [1.82, 2.24) is 15.0 Å². The van der Waals surface area contributed by atoms with Gasteiger partial charge in [0.05, 0.1) is 22.1 Å². The van der Waals surface area contributed by atoms with Crippen LogP contribution < -0.4 is 0 Å². The molecule has 4 rings (SSSR count). The van der Waals surface area contributed by atoms with E-state index in [1.165, 1.54) is 0 Å². The number of aliphatic carboxylic acids is 1. The number of likely N-dealkylation sites (tertiary alicyclic amines) is 1. The molecule has 0 bridgehead atoms. The van der Waals surface area contributed by atoms with Crippen LogP contribution >= 0.6 is 0 Å². The predicted molar refractivity (Wildman–Crippen MR) is 84.6 cm³/mol. The van der Waals surface area contributed by atoms with Crippen LogP contribution in [-0.4, -0.2) is 45.1 Å². The summed E-state index contributed by atoms with van der Waals surface area (Å²) >= 11 is 0. The molecule has 1 aliphatic heterocycles. The van der Waals surface area contributed by atoms with E-state index in [2.05, 4.69) is 10.1 Å². The third-order valence-electron chi connectivity index (χ3n) is 5.56. The van der Waals surface area contributed by atoms with Crippen molar-refractivity contribution in [2.45, 2.75) is 33.1 Å². The zero-order chi connectivity index (χ0) is 17.1. The number of nitrogens with zero attached hydrogens (tertiary/aromatic N) is 3. The number of hydrogen-bond acceptors (Lipinski definition) is 5. The fourth-order valence-corrected chi connectivity index (χ4v) is 4.35. The first kappa shape index (κ1) is 15.1. The van der Waals surface area contributed by atoms with Gasteiger partial charge in [-0.2, -0.15) is 0 Å². The number of aromatic nitrogens is 2. The van der Waals surface area contributed by atoms with E-state index in [4.69, 9.17) is 4.52 Å². The number of carboxylic acid groups (broad SMARTS) is 1. The summed E-state index contributed by atoms with van der Waals surface area (Å²) in [5, 5.41) is 14.2. The maximum atomic E-state index is 13.1. The van der Waals surface area contributed by atoms with E-state index >= 15 is 0 Å². The molecule has 24 heavy (non-hydrogen) atoms. The molecule has 7 nitrogen and oxygen atoms in total. The fourth-order valence-electron chi connectivity index (χ4n) is 4.35. The highest BCUT2D eigenvalue weighted by Crippen LogP contribution is 2.49. The molecular formula is C17H19N3O4. The number of rotatable bonds is 2. The Morgan fingerprint density at radius 2 is 2.21 bits per heavy atom. The van der Waals surface area contributed by atoms with Gasteiger partial charge in [-0.1, -0.05) is 11.6 Å². The smallest absolute Gasteiger partial charge is 0.311 e. The molecule has 1 saturated heterocycles. The average Bonchev–Trinajstić information content (AvgIpc) is 3.18. The van der Waals surface area contributed by atoms with Crippen molar-refractivity contribution in [2.24, 2.45) is 11.3 Å². The molecule has 2 aliphatic rings. The van der Waals surface area contributed by atoms with Crippen molar-refractivity contribution in [3.05, 3.63) is 23.0 Å². The van der Waals surface area contributed by atoms with Gasteiger partial charge in [0.25, 0.3) is 11.6 Å². The number of carbonyl (C=O) groups excluding carboxylic acids is 1. The number of pyridine rings is 1. The maximum Gasteiger partial charge on any atom is 0.311 e. The number of carboxylic acids is 1. The van der Waals surface area contributed by atoms with Crippen LogP contribution in [0.3, 0.4) is 0 Å². The quantitative estimate of drug-likeness (QED) is 0.907. The lowest BCUT2D eigenvalue weighted by Crippen LogP contribution is -2.37. The van der Waals surface area contributed by atoms with Gasteiger partial charge in [0, 0.05) is 18.8 Å². The molecule has 7 heteroatoms. The molecule has 2 atom stereocenters. The molecule has 0 spiro atoms. The Hall–Kier alpha value is -2.44. The normalized spacial score (nSPS) is 26.1. The summed E-state index contributed by atoms with van der Waals surface area (Å²) in [4.78, 5) is 30.9. The van der Waals surface area contributed by atoms with E-state index in [1.54, 1.807) is 24.8 Å². The van der Waals surface area contributed by atoms with E-state index < -0.39 is 11.4 Å². The number of hydrogen-bond donors (Lipinski definition) is 1. The SMILES string of the molecule is Cc1cc(C(=O)N2C[C@@H]3CCC[C@@]3(C(=O)O)C2)c2c(C)noc2n1. The minimum atomic E-state index is -0.780. The first-order chi connectivity index (χ1) is 11.4. The van der Waals surface area contributed by atoms with Gasteiger partial charge < -0.3 is 14.5 Å². The molecule has 126 valence electrons. The Kier molecular flexibility index (Phi) is 3.16. The number of amides is 1. The lowest BCUT2D eigenvalue weighted by molar-refractivity contribution is -0.149. The Balaban J connectivity index is 1.73. The van der Waals surface area contributed by atoms with Crippen LogP contribution in [0.15, 0.2) is 10.6 Å². The van der Waals surface area contributed by atoms with Gasteiger partial charge >= 0.3 is 5.97 Å². The summed E-state index contributed by atoms with van der Waals surface area (Å²) in [7, 11) is 0. The van der Waals surface area contributed by atoms with Gasteiger partial charge in [-0.05, 0) is 38.7 Å². The van der Waals surface area contributed by atoms with Crippen LogP contribution in [0, 0.1) is 25.2 Å². The molecule has 0 unspecified atom stereocenters. The van der Waals surface area contributed by atoms with Crippen molar-refractivity contribution < 1.29 is 19.2 Å². The van der Waals surface area contributed by atoms with Crippen LogP contribution in [0.4, 0.5) is 0 Å². The second-order valence-electron chi connectivity index (χ2n) is 7.00. The summed E-state index contributed by atoms with van der Waals surface area (Å²) in [6, 6.07) is 1.73. The first-order valence-corrected chi connectivity index (χ1v) is 8.19. The minimum Gasteiger partial charge on any atom is -0.481 e. The molecule has 0 radical (unpaired) electrons. The molecular weight excluding hydrogens is 310 g/mol. The maximum absolute atomic E-state index is 13.1. The number of fused-ring (bicyclic) bond motifs is 2. The largest absolute Gasteiger partial charge is 0.481 e. The van der Waals surface area contributed by atoms with Crippen LogP contribution in [0.25, 0.3) is 11.1 Å². The zero-order valence-electron chi connectivity index (χ0n) is 13.7. The second-order valence-corrected chi connectivity index (χ2v) is 7.00. The molecule has 2 aromatic heterocycles. The summed E-state index contributed by atoms with van der Waals surface area (Å²) in [6.07, 6.45) is 2.43. The third kappa shape index (κ3) is 1.96. The van der Waals surface area contributed by atoms with Gasteiger partial charge in [-0.25, -0.2) is 4.98 Å². The standard InChI is InChI=1S/C17H19N3O4/c1-9-6-12(13-10(2)19-24-14(13)18-9)15(21)20-7-11-4-3-5-17(11,8-20)16(22)23/h6,11H,3-5,7-8H2,1-2H3,(H,22,23)/t11-,17+/m0/s1. The second kappa shape index (κ2) is 5.03. The van der Waals surface area contributed by atoms with Crippen molar-refractivity contribution in [2.75, 3.05) is 13.1 Å². The molecule has 2 aromatic rings. The van der Waals surface area contributed by atoms with Crippen molar-refractivity contribution >= 4 is 23.0 Å². The van der Waals surface area contributed by atoms with Crippen molar-refractivity contribution in [1.29, 1.82) is 0 Å². The van der Waals surface area contributed by atoms with E-state index in [0.29, 0.717) is 41.0 Å². The molecule has 3 heterocycles. The molecule has 2 fully saturated rings. The highest BCUT2D eigenvalue weighted by atomic mass is 16.5. The molecule has 1 saturated carbocycles. The Morgan fingerprint density at radius 3 is 2.92 bits per heavy atom. The Morgan fingerprint density at radius 1 is 1.42 bits per heavy atom. The minimum absolute atomic E-state index is 0.0425. The highest BCUT2D eigenvalue weighted by Gasteiger charge is 2.55. The Bertz CT molecular complexity index is 859. The van der Waals surface area contributed by atoms with Gasteiger partial charge in [0.15, 0.2) is 0 Å². The van der Waals surface area contributed by atoms with Crippen molar-refractivity contribution in [3.8, 4) is 0 Å². The van der Waals surface area contributed by atoms with Gasteiger partial charge in [-0.3, -0.25) is 9.59 Å². The lowest BCUT2D eigenvalue weighted by Gasteiger charge is -2.23. The van der Waals surface area contributed by atoms with Gasteiger partial charge in [0.2, 0.25) is 0 Å². The zero-order valence-corrected chi connectivity index (χ0v) is 13.7. The average molecular weight is 329 g/mol. The van der Waals surface area contributed by atoms with E-state index in [-0.39, 0.29) is 18.4 Å². The fraction of sp³-hybridized carbons (Fsp3) is 0.529. The van der Waals surface area contributed by atoms with Gasteiger partial charge in [0.1, 0.15) is 0 Å². The Labute approximate surface area is 138 Å². The lowest BCUT2D eigenvalue weighted by atomic mass is 9.81. The third-order valence-corrected chi connectivity index (χ3v) is 5.56. The number of aryl methyl sites for hydroxylation is 2. The van der Waals surface area contributed by atoms with E-state index in [1.807, 2.05) is 0 Å². The molecule has 1 N–H and O–H groups in total. The molecule has 1 aliphatic carbocycles. The molecule has 0 aromatic carbocycles. The molecule has 1 amide bonds. The van der Waals surface area contributed by atoms with Crippen LogP contribution in [0.2, 0.25) is 0 Å². The van der Waals surface area contributed by atoms with E-state index in [0.717, 1.165) is 12.8 Å². The topological polar surface area (TPSA) is 96.5 Å².